The van der Waals surface area contributed by atoms with Gasteiger partial charge in [0.1, 0.15) is 0 Å². The summed E-state index contributed by atoms with van der Waals surface area (Å²) in [6.45, 7) is 0. The molecule has 2 N–H and O–H groups in total. The van der Waals surface area contributed by atoms with Crippen molar-refractivity contribution in [2.45, 2.75) is 12.5 Å². The van der Waals surface area contributed by atoms with Crippen LogP contribution in [-0.4, -0.2) is 27.7 Å². The summed E-state index contributed by atoms with van der Waals surface area (Å²) in [4.78, 5) is 10.8. The fraction of sp³-hybridized carbons (Fsp3) is 0.417. The zero-order valence-electron chi connectivity index (χ0n) is 8.80. The van der Waals surface area contributed by atoms with E-state index in [4.69, 9.17) is 5.11 Å². The van der Waals surface area contributed by atoms with E-state index in [0.717, 1.165) is 17.9 Å². The summed E-state index contributed by atoms with van der Waals surface area (Å²) in [6, 6.07) is 6.59. The Bertz CT molecular complexity index is 386. The van der Waals surface area contributed by atoms with E-state index in [1.165, 1.54) is 0 Å². The van der Waals surface area contributed by atoms with Crippen LogP contribution in [0.2, 0.25) is 0 Å². The topological polar surface area (TPSA) is 57.5 Å². The molecule has 0 aliphatic carbocycles. The molecule has 0 saturated carbocycles. The molecule has 4 heteroatoms. The monoisotopic (exact) mass is 238 g/mol. The summed E-state index contributed by atoms with van der Waals surface area (Å²) < 4.78 is 0. The van der Waals surface area contributed by atoms with Gasteiger partial charge in [-0.05, 0) is 41.5 Å². The first kappa shape index (κ1) is 11.5. The molecule has 0 radical (unpaired) electrons. The van der Waals surface area contributed by atoms with E-state index in [1.54, 1.807) is 24.3 Å². The second-order valence-electron chi connectivity index (χ2n) is 4.00. The number of carbonyl (C=O) groups is 1. The minimum atomic E-state index is -0.949. The largest absolute Gasteiger partial charge is 0.478 e. The van der Waals surface area contributed by atoms with Gasteiger partial charge in [-0.25, -0.2) is 4.79 Å². The third-order valence-electron chi connectivity index (χ3n) is 2.89. The molecule has 1 heterocycles. The number of aliphatic hydroxyl groups excluding tert-OH is 1. The van der Waals surface area contributed by atoms with Gasteiger partial charge < -0.3 is 10.2 Å². The van der Waals surface area contributed by atoms with Crippen LogP contribution in [-0.2, 0) is 0 Å². The van der Waals surface area contributed by atoms with E-state index in [1.807, 2.05) is 11.8 Å². The predicted molar refractivity (Wildman–Crippen MR) is 63.8 cm³/mol. The lowest BCUT2D eigenvalue weighted by atomic mass is 9.94. The van der Waals surface area contributed by atoms with Crippen LogP contribution in [0.5, 0.6) is 0 Å². The molecule has 1 saturated heterocycles. The zero-order chi connectivity index (χ0) is 11.5. The van der Waals surface area contributed by atoms with Crippen molar-refractivity contribution in [3.8, 4) is 0 Å². The number of hydrogen-bond donors (Lipinski definition) is 2. The number of aliphatic hydroxyl groups is 1. The molecule has 1 aromatic carbocycles. The van der Waals surface area contributed by atoms with Gasteiger partial charge in [0.15, 0.2) is 0 Å². The number of benzene rings is 1. The Kier molecular flexibility index (Phi) is 3.51. The van der Waals surface area contributed by atoms with Gasteiger partial charge in [0.05, 0.1) is 11.7 Å². The SMILES string of the molecule is O=C(O)c1cccc(C(O)C2CCSC2)c1. The summed E-state index contributed by atoms with van der Waals surface area (Å²) in [5.41, 5.74) is 0.953. The second kappa shape index (κ2) is 4.89. The maximum Gasteiger partial charge on any atom is 0.335 e. The minimum absolute atomic E-state index is 0.238. The highest BCUT2D eigenvalue weighted by atomic mass is 32.2. The van der Waals surface area contributed by atoms with Gasteiger partial charge in [-0.2, -0.15) is 11.8 Å². The Hall–Kier alpha value is -1.00. The van der Waals surface area contributed by atoms with Crippen molar-refractivity contribution >= 4 is 17.7 Å². The van der Waals surface area contributed by atoms with Crippen molar-refractivity contribution in [2.24, 2.45) is 5.92 Å². The highest BCUT2D eigenvalue weighted by Gasteiger charge is 2.25. The van der Waals surface area contributed by atoms with Crippen LogP contribution in [0.3, 0.4) is 0 Å². The molecule has 0 bridgehead atoms. The van der Waals surface area contributed by atoms with E-state index >= 15 is 0 Å². The fourth-order valence-electron chi connectivity index (χ4n) is 1.93. The number of hydrogen-bond acceptors (Lipinski definition) is 3. The number of thioether (sulfide) groups is 1. The molecule has 2 rings (SSSR count). The van der Waals surface area contributed by atoms with Crippen LogP contribution >= 0.6 is 11.8 Å². The molecule has 1 aromatic rings. The highest BCUT2D eigenvalue weighted by molar-refractivity contribution is 7.99. The maximum atomic E-state index is 10.8. The molecule has 2 unspecified atom stereocenters. The number of carboxylic acids is 1. The van der Waals surface area contributed by atoms with Crippen LogP contribution in [0.4, 0.5) is 0 Å². The van der Waals surface area contributed by atoms with E-state index in [-0.39, 0.29) is 11.5 Å². The predicted octanol–water partition coefficient (Wildman–Crippen LogP) is 2.17. The lowest BCUT2D eigenvalue weighted by Crippen LogP contribution is -2.12. The normalized spacial score (nSPS) is 21.9. The van der Waals surface area contributed by atoms with E-state index in [0.29, 0.717) is 5.56 Å². The molecule has 16 heavy (non-hydrogen) atoms. The van der Waals surface area contributed by atoms with E-state index in [9.17, 15) is 9.90 Å². The summed E-state index contributed by atoms with van der Waals surface area (Å²) in [6.07, 6.45) is 0.470. The molecular formula is C12H14O3S. The number of rotatable bonds is 3. The molecular weight excluding hydrogens is 224 g/mol. The standard InChI is InChI=1S/C12H14O3S/c13-11(10-4-5-16-7-10)8-2-1-3-9(6-8)12(14)15/h1-3,6,10-11,13H,4-5,7H2,(H,14,15). The smallest absolute Gasteiger partial charge is 0.335 e. The number of carboxylic acid groups (broad SMARTS) is 1. The molecule has 1 aliphatic rings. The van der Waals surface area contributed by atoms with Crippen molar-refractivity contribution in [2.75, 3.05) is 11.5 Å². The molecule has 1 fully saturated rings. The van der Waals surface area contributed by atoms with Crippen LogP contribution < -0.4 is 0 Å². The first-order valence-electron chi connectivity index (χ1n) is 5.27. The van der Waals surface area contributed by atoms with Gasteiger partial charge in [-0.3, -0.25) is 0 Å². The quantitative estimate of drug-likeness (QED) is 0.847. The van der Waals surface area contributed by atoms with Crippen molar-refractivity contribution < 1.29 is 15.0 Å². The van der Waals surface area contributed by atoms with E-state index in [2.05, 4.69) is 0 Å². The summed E-state index contributed by atoms with van der Waals surface area (Å²) in [7, 11) is 0. The van der Waals surface area contributed by atoms with Crippen LogP contribution in [0.25, 0.3) is 0 Å². The van der Waals surface area contributed by atoms with Gasteiger partial charge in [-0.15, -0.1) is 0 Å². The first-order valence-corrected chi connectivity index (χ1v) is 6.43. The Labute approximate surface area is 98.5 Å². The van der Waals surface area contributed by atoms with Crippen LogP contribution in [0, 0.1) is 5.92 Å². The molecule has 2 atom stereocenters. The Morgan fingerprint density at radius 2 is 2.31 bits per heavy atom. The van der Waals surface area contributed by atoms with Crippen molar-refractivity contribution in [3.63, 3.8) is 0 Å². The van der Waals surface area contributed by atoms with Gasteiger partial charge in [-0.1, -0.05) is 12.1 Å². The lowest BCUT2D eigenvalue weighted by molar-refractivity contribution is 0.0696. The van der Waals surface area contributed by atoms with E-state index < -0.39 is 12.1 Å². The Balaban J connectivity index is 2.18. The summed E-state index contributed by atoms with van der Waals surface area (Å²) >= 11 is 1.84. The minimum Gasteiger partial charge on any atom is -0.478 e. The number of aromatic carboxylic acids is 1. The lowest BCUT2D eigenvalue weighted by Gasteiger charge is -2.17. The van der Waals surface area contributed by atoms with Gasteiger partial charge in [0.2, 0.25) is 0 Å². The van der Waals surface area contributed by atoms with Crippen molar-refractivity contribution in [3.05, 3.63) is 35.4 Å². The van der Waals surface area contributed by atoms with Gasteiger partial charge in [0.25, 0.3) is 0 Å². The van der Waals surface area contributed by atoms with Crippen molar-refractivity contribution in [1.29, 1.82) is 0 Å². The molecule has 86 valence electrons. The summed E-state index contributed by atoms with van der Waals surface area (Å²) in [5.74, 6) is 1.35. The average Bonchev–Trinajstić information content (AvgIpc) is 2.81. The van der Waals surface area contributed by atoms with Gasteiger partial charge in [0, 0.05) is 0 Å². The molecule has 3 nitrogen and oxygen atoms in total. The molecule has 0 spiro atoms. The molecule has 1 aliphatic heterocycles. The molecule has 0 aromatic heterocycles. The highest BCUT2D eigenvalue weighted by Crippen LogP contribution is 2.34. The fourth-order valence-corrected chi connectivity index (χ4v) is 3.22. The second-order valence-corrected chi connectivity index (χ2v) is 5.15. The van der Waals surface area contributed by atoms with Gasteiger partial charge >= 0.3 is 5.97 Å². The first-order chi connectivity index (χ1) is 7.68. The third-order valence-corrected chi connectivity index (χ3v) is 4.07. The maximum absolute atomic E-state index is 10.8. The molecule has 0 amide bonds. The third kappa shape index (κ3) is 2.39. The zero-order valence-corrected chi connectivity index (χ0v) is 9.61. The van der Waals surface area contributed by atoms with Crippen molar-refractivity contribution in [1.82, 2.24) is 0 Å². The Morgan fingerprint density at radius 3 is 2.94 bits per heavy atom. The summed E-state index contributed by atoms with van der Waals surface area (Å²) in [5, 5.41) is 19.0. The van der Waals surface area contributed by atoms with Crippen LogP contribution in [0.15, 0.2) is 24.3 Å². The Morgan fingerprint density at radius 1 is 1.50 bits per heavy atom. The van der Waals surface area contributed by atoms with Crippen LogP contribution in [0.1, 0.15) is 28.4 Å². The average molecular weight is 238 g/mol.